The third kappa shape index (κ3) is 1.84. The van der Waals surface area contributed by atoms with Crippen LogP contribution in [0.15, 0.2) is 6.33 Å². The van der Waals surface area contributed by atoms with Crippen LogP contribution in [-0.2, 0) is 11.3 Å². The van der Waals surface area contributed by atoms with Crippen molar-refractivity contribution < 1.29 is 9.53 Å². The predicted molar refractivity (Wildman–Crippen MR) is 60.4 cm³/mol. The molecule has 0 atom stereocenters. The van der Waals surface area contributed by atoms with Crippen molar-refractivity contribution in [3.8, 4) is 5.88 Å². The molecule has 2 aromatic rings. The number of hydrogen-bond acceptors (Lipinski definition) is 6. The molecule has 0 aliphatic heterocycles. The highest BCUT2D eigenvalue weighted by Gasteiger charge is 2.15. The highest BCUT2D eigenvalue weighted by atomic mass is 16.5. The molecule has 0 saturated carbocycles. The van der Waals surface area contributed by atoms with Gasteiger partial charge in [0.25, 0.3) is 0 Å². The van der Waals surface area contributed by atoms with Crippen LogP contribution in [0.2, 0.25) is 0 Å². The Kier molecular flexibility index (Phi) is 2.77. The van der Waals surface area contributed by atoms with Crippen molar-refractivity contribution in [2.75, 3.05) is 19.9 Å². The maximum Gasteiger partial charge on any atom is 0.245 e. The SMILES string of the molecule is CNC(=O)Cn1c(N)nc2c(OC)ncnc21. The molecule has 0 radical (unpaired) electrons. The number of nitrogens with zero attached hydrogens (tertiary/aromatic N) is 4. The second-order valence-electron chi connectivity index (χ2n) is 3.28. The Bertz CT molecular complexity index is 564. The van der Waals surface area contributed by atoms with Gasteiger partial charge in [0.1, 0.15) is 12.9 Å². The van der Waals surface area contributed by atoms with Crippen LogP contribution in [0.5, 0.6) is 5.88 Å². The van der Waals surface area contributed by atoms with Crippen LogP contribution in [0.3, 0.4) is 0 Å². The van der Waals surface area contributed by atoms with E-state index in [0.29, 0.717) is 17.0 Å². The smallest absolute Gasteiger partial charge is 0.245 e. The number of hydrogen-bond donors (Lipinski definition) is 2. The minimum Gasteiger partial charge on any atom is -0.479 e. The summed E-state index contributed by atoms with van der Waals surface area (Å²) in [5.74, 6) is 0.341. The van der Waals surface area contributed by atoms with E-state index in [2.05, 4.69) is 20.3 Å². The lowest BCUT2D eigenvalue weighted by molar-refractivity contribution is -0.121. The first-order valence-electron chi connectivity index (χ1n) is 4.88. The number of imidazole rings is 1. The maximum absolute atomic E-state index is 11.3. The van der Waals surface area contributed by atoms with Crippen LogP contribution in [0, 0.1) is 0 Å². The van der Waals surface area contributed by atoms with Gasteiger partial charge in [-0.3, -0.25) is 9.36 Å². The molecule has 0 spiro atoms. The monoisotopic (exact) mass is 236 g/mol. The lowest BCUT2D eigenvalue weighted by atomic mass is 10.5. The Labute approximate surface area is 96.8 Å². The fourth-order valence-corrected chi connectivity index (χ4v) is 1.46. The summed E-state index contributed by atoms with van der Waals surface area (Å²) in [6.45, 7) is 0.0546. The number of anilines is 1. The molecule has 0 fully saturated rings. The molecule has 2 aromatic heterocycles. The van der Waals surface area contributed by atoms with Gasteiger partial charge in [-0.1, -0.05) is 0 Å². The van der Waals surface area contributed by atoms with E-state index in [9.17, 15) is 4.79 Å². The summed E-state index contributed by atoms with van der Waals surface area (Å²) >= 11 is 0. The van der Waals surface area contributed by atoms with Gasteiger partial charge in [-0.25, -0.2) is 9.97 Å². The standard InChI is InChI=1S/C9H12N6O2/c1-11-5(16)3-15-7-6(14-9(15)10)8(17-2)13-4-12-7/h4H,3H2,1-2H3,(H2,10,14)(H,11,16). The first-order chi connectivity index (χ1) is 8.17. The largest absolute Gasteiger partial charge is 0.479 e. The van der Waals surface area contributed by atoms with Gasteiger partial charge in [0, 0.05) is 7.05 Å². The second-order valence-corrected chi connectivity index (χ2v) is 3.28. The van der Waals surface area contributed by atoms with Crippen LogP contribution >= 0.6 is 0 Å². The summed E-state index contributed by atoms with van der Waals surface area (Å²) in [7, 11) is 3.03. The van der Waals surface area contributed by atoms with Crippen molar-refractivity contribution in [3.63, 3.8) is 0 Å². The number of carbonyl (C=O) groups excluding carboxylic acids is 1. The molecule has 0 saturated heterocycles. The third-order valence-corrected chi connectivity index (χ3v) is 2.30. The number of methoxy groups -OCH3 is 1. The molecule has 90 valence electrons. The minimum atomic E-state index is -0.187. The van der Waals surface area contributed by atoms with E-state index in [1.807, 2.05) is 0 Å². The number of carbonyl (C=O) groups is 1. The average molecular weight is 236 g/mol. The number of fused-ring (bicyclic) bond motifs is 1. The first kappa shape index (κ1) is 11.1. The van der Waals surface area contributed by atoms with E-state index in [4.69, 9.17) is 10.5 Å². The predicted octanol–water partition coefficient (Wildman–Crippen LogP) is -0.837. The fraction of sp³-hybridized carbons (Fsp3) is 0.333. The van der Waals surface area contributed by atoms with Crippen LogP contribution in [-0.4, -0.2) is 39.6 Å². The van der Waals surface area contributed by atoms with Crippen LogP contribution in [0.4, 0.5) is 5.95 Å². The molecule has 0 aliphatic carbocycles. The summed E-state index contributed by atoms with van der Waals surface area (Å²) in [4.78, 5) is 23.4. The number of nitrogens with two attached hydrogens (primary N) is 1. The zero-order valence-electron chi connectivity index (χ0n) is 9.47. The molecule has 2 heterocycles. The topological polar surface area (TPSA) is 108 Å². The maximum atomic E-state index is 11.3. The Balaban J connectivity index is 2.56. The fourth-order valence-electron chi connectivity index (χ4n) is 1.46. The van der Waals surface area contributed by atoms with E-state index >= 15 is 0 Å². The van der Waals surface area contributed by atoms with Crippen molar-refractivity contribution in [1.29, 1.82) is 0 Å². The number of rotatable bonds is 3. The van der Waals surface area contributed by atoms with E-state index in [1.54, 1.807) is 7.05 Å². The van der Waals surface area contributed by atoms with Gasteiger partial charge in [-0.05, 0) is 0 Å². The van der Waals surface area contributed by atoms with E-state index in [0.717, 1.165) is 0 Å². The van der Waals surface area contributed by atoms with Crippen LogP contribution in [0.25, 0.3) is 11.2 Å². The molecule has 8 nitrogen and oxygen atoms in total. The van der Waals surface area contributed by atoms with E-state index in [1.165, 1.54) is 18.0 Å². The normalized spacial score (nSPS) is 10.5. The Morgan fingerprint density at radius 1 is 1.59 bits per heavy atom. The summed E-state index contributed by atoms with van der Waals surface area (Å²) < 4.78 is 6.54. The van der Waals surface area contributed by atoms with Crippen molar-refractivity contribution in [1.82, 2.24) is 24.8 Å². The molecule has 3 N–H and O–H groups in total. The number of nitrogens with one attached hydrogen (secondary N) is 1. The molecular weight excluding hydrogens is 224 g/mol. The Hall–Kier alpha value is -2.38. The Morgan fingerprint density at radius 2 is 2.35 bits per heavy atom. The van der Waals surface area contributed by atoms with Crippen LogP contribution in [0.1, 0.15) is 0 Å². The van der Waals surface area contributed by atoms with E-state index < -0.39 is 0 Å². The van der Waals surface area contributed by atoms with Gasteiger partial charge in [-0.2, -0.15) is 4.98 Å². The molecule has 2 rings (SSSR count). The van der Waals surface area contributed by atoms with Gasteiger partial charge in [0.05, 0.1) is 7.11 Å². The van der Waals surface area contributed by atoms with E-state index in [-0.39, 0.29) is 18.4 Å². The van der Waals surface area contributed by atoms with Gasteiger partial charge < -0.3 is 15.8 Å². The lowest BCUT2D eigenvalue weighted by Gasteiger charge is -2.04. The summed E-state index contributed by atoms with van der Waals surface area (Å²) in [5, 5.41) is 2.51. The molecule has 0 unspecified atom stereocenters. The molecule has 8 heteroatoms. The number of aromatic nitrogens is 4. The molecule has 0 bridgehead atoms. The number of nitrogen functional groups attached to an aromatic ring is 1. The summed E-state index contributed by atoms with van der Waals surface area (Å²) in [6.07, 6.45) is 1.34. The minimum absolute atomic E-state index is 0.0546. The van der Waals surface area contributed by atoms with Gasteiger partial charge in [-0.15, -0.1) is 0 Å². The first-order valence-corrected chi connectivity index (χ1v) is 4.88. The lowest BCUT2D eigenvalue weighted by Crippen LogP contribution is -2.24. The quantitative estimate of drug-likeness (QED) is 0.719. The van der Waals surface area contributed by atoms with Crippen LogP contribution < -0.4 is 15.8 Å². The second kappa shape index (κ2) is 4.24. The van der Waals surface area contributed by atoms with Gasteiger partial charge >= 0.3 is 0 Å². The summed E-state index contributed by atoms with van der Waals surface area (Å²) in [6, 6.07) is 0. The number of ether oxygens (including phenoxy) is 1. The summed E-state index contributed by atoms with van der Waals surface area (Å²) in [5.41, 5.74) is 6.64. The molecular formula is C9H12N6O2. The third-order valence-electron chi connectivity index (χ3n) is 2.30. The van der Waals surface area contributed by atoms with Crippen molar-refractivity contribution >= 4 is 23.0 Å². The van der Waals surface area contributed by atoms with Gasteiger partial charge in [0.2, 0.25) is 17.7 Å². The average Bonchev–Trinajstić information content (AvgIpc) is 2.66. The van der Waals surface area contributed by atoms with Crippen molar-refractivity contribution in [2.45, 2.75) is 6.54 Å². The van der Waals surface area contributed by atoms with Crippen molar-refractivity contribution in [2.24, 2.45) is 0 Å². The molecule has 0 aliphatic rings. The van der Waals surface area contributed by atoms with Crippen molar-refractivity contribution in [3.05, 3.63) is 6.33 Å². The highest BCUT2D eigenvalue weighted by molar-refractivity contribution is 5.82. The number of likely N-dealkylation sites (N-methyl/N-ethyl adjacent to an activating group) is 1. The number of amides is 1. The van der Waals surface area contributed by atoms with Gasteiger partial charge in [0.15, 0.2) is 11.2 Å². The zero-order chi connectivity index (χ0) is 12.4. The Morgan fingerprint density at radius 3 is 3.00 bits per heavy atom. The zero-order valence-corrected chi connectivity index (χ0v) is 9.47. The molecule has 1 amide bonds. The molecule has 0 aromatic carbocycles. The molecule has 17 heavy (non-hydrogen) atoms. The highest BCUT2D eigenvalue weighted by Crippen LogP contribution is 2.22.